The molecule has 1 aromatic carbocycles. The smallest absolute Gasteiger partial charge is 0.407 e. The molecule has 1 heterocycles. The van der Waals surface area contributed by atoms with E-state index in [4.69, 9.17) is 18.9 Å². The quantitative estimate of drug-likeness (QED) is 0.316. The zero-order valence-corrected chi connectivity index (χ0v) is 19.7. The molecule has 0 aliphatic rings. The van der Waals surface area contributed by atoms with Crippen molar-refractivity contribution in [2.75, 3.05) is 20.3 Å². The third kappa shape index (κ3) is 8.45. The van der Waals surface area contributed by atoms with E-state index in [2.05, 4.69) is 26.2 Å². The highest BCUT2D eigenvalue weighted by Gasteiger charge is 2.17. The first-order chi connectivity index (χ1) is 14.7. The molecule has 0 radical (unpaired) electrons. The summed E-state index contributed by atoms with van der Waals surface area (Å²) in [4.78, 5) is 27.8. The second-order valence-electron chi connectivity index (χ2n) is 7.47. The number of alkyl carbamates (subject to hydrolysis) is 1. The number of halogens is 1. The van der Waals surface area contributed by atoms with Crippen LogP contribution in [0.4, 0.5) is 4.79 Å². The minimum Gasteiger partial charge on any atom is -0.490 e. The number of nitrogens with zero attached hydrogens (tertiary/aromatic N) is 1. The molecule has 2 aromatic rings. The predicted molar refractivity (Wildman–Crippen MR) is 119 cm³/mol. The monoisotopic (exact) mass is 494 g/mol. The summed E-state index contributed by atoms with van der Waals surface area (Å²) in [5.41, 5.74) is 1.20. The van der Waals surface area contributed by atoms with Gasteiger partial charge in [-0.2, -0.15) is 0 Å². The predicted octanol–water partition coefficient (Wildman–Crippen LogP) is 4.25. The molecule has 0 unspecified atom stereocenters. The summed E-state index contributed by atoms with van der Waals surface area (Å²) in [6.07, 6.45) is -0.463. The number of pyridine rings is 1. The number of alkyl halides is 1. The Labute approximate surface area is 190 Å². The van der Waals surface area contributed by atoms with Crippen molar-refractivity contribution in [3.05, 3.63) is 53.3 Å². The van der Waals surface area contributed by atoms with Crippen LogP contribution in [0.3, 0.4) is 0 Å². The number of carbonyl (C=O) groups is 2. The van der Waals surface area contributed by atoms with E-state index in [1.807, 2.05) is 32.9 Å². The highest BCUT2D eigenvalue weighted by atomic mass is 79.9. The van der Waals surface area contributed by atoms with Crippen molar-refractivity contribution in [3.63, 3.8) is 0 Å². The zero-order chi connectivity index (χ0) is 22.9. The summed E-state index contributed by atoms with van der Waals surface area (Å²) in [6.45, 7) is 6.29. The van der Waals surface area contributed by atoms with Crippen molar-refractivity contribution >= 4 is 28.0 Å². The topological polar surface area (TPSA) is 96.0 Å². The average molecular weight is 495 g/mol. The van der Waals surface area contributed by atoms with Gasteiger partial charge in [-0.1, -0.05) is 28.1 Å². The van der Waals surface area contributed by atoms with Gasteiger partial charge >= 0.3 is 12.1 Å². The molecule has 0 aliphatic heterocycles. The highest BCUT2D eigenvalue weighted by molar-refractivity contribution is 9.08. The van der Waals surface area contributed by atoms with Crippen LogP contribution in [0.1, 0.15) is 42.5 Å². The Morgan fingerprint density at radius 1 is 1.03 bits per heavy atom. The molecule has 0 saturated carbocycles. The second kappa shape index (κ2) is 11.5. The molecule has 0 spiro atoms. The number of methoxy groups -OCH3 is 1. The lowest BCUT2D eigenvalue weighted by Gasteiger charge is -2.19. The van der Waals surface area contributed by atoms with Crippen LogP contribution in [-0.4, -0.2) is 43.0 Å². The first kappa shape index (κ1) is 24.5. The molecule has 0 bridgehead atoms. The fourth-order valence-electron chi connectivity index (χ4n) is 2.42. The molecule has 1 aromatic heterocycles. The summed E-state index contributed by atoms with van der Waals surface area (Å²) in [5, 5.41) is 3.22. The molecule has 2 rings (SSSR count). The van der Waals surface area contributed by atoms with E-state index in [1.165, 1.54) is 7.11 Å². The van der Waals surface area contributed by atoms with Crippen LogP contribution in [-0.2, 0) is 21.3 Å². The molecule has 1 N–H and O–H groups in total. The van der Waals surface area contributed by atoms with Crippen molar-refractivity contribution in [1.82, 2.24) is 10.3 Å². The van der Waals surface area contributed by atoms with Crippen molar-refractivity contribution in [2.24, 2.45) is 0 Å². The molecule has 168 valence electrons. The van der Waals surface area contributed by atoms with Crippen LogP contribution < -0.4 is 14.8 Å². The van der Waals surface area contributed by atoms with Crippen molar-refractivity contribution in [3.8, 4) is 11.5 Å². The van der Waals surface area contributed by atoms with E-state index < -0.39 is 17.7 Å². The maximum Gasteiger partial charge on any atom is 0.407 e. The molecule has 0 atom stereocenters. The Hall–Kier alpha value is -2.81. The summed E-state index contributed by atoms with van der Waals surface area (Å²) in [5.74, 6) is 0.434. The van der Waals surface area contributed by atoms with Crippen molar-refractivity contribution in [2.45, 2.75) is 38.2 Å². The first-order valence-electron chi connectivity index (χ1n) is 9.67. The molecule has 0 aliphatic carbocycles. The van der Waals surface area contributed by atoms with Crippen LogP contribution in [0.15, 0.2) is 36.4 Å². The summed E-state index contributed by atoms with van der Waals surface area (Å²) >= 11 is 3.31. The number of aromatic nitrogens is 1. The van der Waals surface area contributed by atoms with Gasteiger partial charge in [-0.25, -0.2) is 14.6 Å². The third-order valence-corrected chi connectivity index (χ3v) is 4.37. The molecule has 31 heavy (non-hydrogen) atoms. The number of amides is 1. The maximum atomic E-state index is 11.9. The number of benzene rings is 1. The fraction of sp³-hybridized carbons (Fsp3) is 0.409. The molecule has 0 fully saturated rings. The van der Waals surface area contributed by atoms with Crippen molar-refractivity contribution < 1.29 is 28.5 Å². The van der Waals surface area contributed by atoms with Gasteiger partial charge in [0.15, 0.2) is 11.4 Å². The standard InChI is InChI=1S/C22H27BrN2O6/c1-22(2,3)31-21(27)24-14-15-5-8-17(9-6-15)29-11-12-30-18-10-7-16(13-23)25-19(18)20(26)28-4/h5-10H,11-14H2,1-4H3,(H,24,27). The van der Waals surface area contributed by atoms with E-state index >= 15 is 0 Å². The lowest BCUT2D eigenvalue weighted by atomic mass is 10.2. The van der Waals surface area contributed by atoms with Gasteiger partial charge in [0.25, 0.3) is 0 Å². The van der Waals surface area contributed by atoms with Crippen molar-refractivity contribution in [1.29, 1.82) is 0 Å². The van der Waals surface area contributed by atoms with E-state index in [9.17, 15) is 9.59 Å². The van der Waals surface area contributed by atoms with Gasteiger partial charge in [0.1, 0.15) is 24.6 Å². The van der Waals surface area contributed by atoms with Gasteiger partial charge in [0, 0.05) is 11.9 Å². The van der Waals surface area contributed by atoms with Gasteiger partial charge in [-0.15, -0.1) is 0 Å². The van der Waals surface area contributed by atoms with Gasteiger partial charge in [0.05, 0.1) is 12.8 Å². The van der Waals surface area contributed by atoms with Crippen LogP contribution in [0.2, 0.25) is 0 Å². The molecule has 0 saturated heterocycles. The summed E-state index contributed by atoms with van der Waals surface area (Å²) in [6, 6.07) is 10.8. The average Bonchev–Trinajstić information content (AvgIpc) is 2.74. The Morgan fingerprint density at radius 3 is 2.32 bits per heavy atom. The van der Waals surface area contributed by atoms with Gasteiger partial charge in [-0.3, -0.25) is 0 Å². The number of hydrogen-bond donors (Lipinski definition) is 1. The number of esters is 1. The Morgan fingerprint density at radius 2 is 1.71 bits per heavy atom. The number of nitrogens with one attached hydrogen (secondary N) is 1. The maximum absolute atomic E-state index is 11.9. The van der Waals surface area contributed by atoms with E-state index in [0.717, 1.165) is 5.56 Å². The van der Waals surface area contributed by atoms with Crippen LogP contribution in [0.5, 0.6) is 11.5 Å². The second-order valence-corrected chi connectivity index (χ2v) is 8.03. The van der Waals surface area contributed by atoms with Gasteiger partial charge < -0.3 is 24.3 Å². The van der Waals surface area contributed by atoms with E-state index in [-0.39, 0.29) is 18.9 Å². The molecule has 8 nitrogen and oxygen atoms in total. The number of rotatable bonds is 9. The lowest BCUT2D eigenvalue weighted by Crippen LogP contribution is -2.32. The third-order valence-electron chi connectivity index (χ3n) is 3.80. The molecule has 9 heteroatoms. The molecular weight excluding hydrogens is 468 g/mol. The molecular formula is C22H27BrN2O6. The minimum absolute atomic E-state index is 0.126. The first-order valence-corrected chi connectivity index (χ1v) is 10.8. The van der Waals surface area contributed by atoms with Gasteiger partial charge in [-0.05, 0) is 50.6 Å². The normalized spacial score (nSPS) is 10.9. The lowest BCUT2D eigenvalue weighted by molar-refractivity contribution is 0.0522. The number of carbonyl (C=O) groups excluding carboxylic acids is 2. The highest BCUT2D eigenvalue weighted by Crippen LogP contribution is 2.19. The van der Waals surface area contributed by atoms with E-state index in [0.29, 0.717) is 29.1 Å². The summed E-state index contributed by atoms with van der Waals surface area (Å²) in [7, 11) is 1.30. The SMILES string of the molecule is COC(=O)c1nc(CBr)ccc1OCCOc1ccc(CNC(=O)OC(C)(C)C)cc1. The van der Waals surface area contributed by atoms with Crippen LogP contribution in [0.25, 0.3) is 0 Å². The van der Waals surface area contributed by atoms with Crippen LogP contribution in [0, 0.1) is 0 Å². The largest absolute Gasteiger partial charge is 0.490 e. The Balaban J connectivity index is 1.80. The van der Waals surface area contributed by atoms with Crippen LogP contribution >= 0.6 is 15.9 Å². The fourth-order valence-corrected chi connectivity index (χ4v) is 2.74. The molecule has 1 amide bonds. The zero-order valence-electron chi connectivity index (χ0n) is 18.1. The van der Waals surface area contributed by atoms with Gasteiger partial charge in [0.2, 0.25) is 0 Å². The Kier molecular flexibility index (Phi) is 9.11. The number of ether oxygens (including phenoxy) is 4. The Bertz CT molecular complexity index is 881. The number of hydrogen-bond acceptors (Lipinski definition) is 7. The summed E-state index contributed by atoms with van der Waals surface area (Å²) < 4.78 is 21.3. The minimum atomic E-state index is -0.561. The van der Waals surface area contributed by atoms with E-state index in [1.54, 1.807) is 24.3 Å².